The molecule has 0 fully saturated rings. The Balaban J connectivity index is 1.69. The number of nitrogens with zero attached hydrogens (tertiary/aromatic N) is 2. The molecule has 0 saturated heterocycles. The highest BCUT2D eigenvalue weighted by Crippen LogP contribution is 2.25. The molecule has 0 bridgehead atoms. The van der Waals surface area contributed by atoms with E-state index in [0.29, 0.717) is 5.56 Å². The van der Waals surface area contributed by atoms with Crippen LogP contribution < -0.4 is 4.74 Å². The third-order valence-corrected chi connectivity index (χ3v) is 4.88. The van der Waals surface area contributed by atoms with Gasteiger partial charge in [0.1, 0.15) is 5.75 Å². The van der Waals surface area contributed by atoms with Crippen molar-refractivity contribution in [2.45, 2.75) is 6.92 Å². The summed E-state index contributed by atoms with van der Waals surface area (Å²) in [7, 11) is 1.60. The molecule has 4 rings (SSSR count). The zero-order valence-corrected chi connectivity index (χ0v) is 16.9. The third-order valence-electron chi connectivity index (χ3n) is 4.88. The molecule has 30 heavy (non-hydrogen) atoms. The zero-order valence-electron chi connectivity index (χ0n) is 16.9. The van der Waals surface area contributed by atoms with Gasteiger partial charge in [0.2, 0.25) is 0 Å². The number of hydrogen-bond acceptors (Lipinski definition) is 3. The fourth-order valence-corrected chi connectivity index (χ4v) is 3.17. The van der Waals surface area contributed by atoms with Gasteiger partial charge in [0.15, 0.2) is 5.78 Å². The molecule has 1 aromatic heterocycles. The van der Waals surface area contributed by atoms with E-state index in [-0.39, 0.29) is 5.78 Å². The van der Waals surface area contributed by atoms with Crippen molar-refractivity contribution in [1.29, 1.82) is 0 Å². The number of aromatic nitrogens is 2. The number of rotatable bonds is 6. The topological polar surface area (TPSA) is 44.1 Å². The molecule has 3 aromatic carbocycles. The molecule has 1 heterocycles. The highest BCUT2D eigenvalue weighted by molar-refractivity contribution is 6.07. The van der Waals surface area contributed by atoms with Crippen LogP contribution in [0, 0.1) is 6.92 Å². The van der Waals surface area contributed by atoms with E-state index in [0.717, 1.165) is 28.3 Å². The Morgan fingerprint density at radius 3 is 2.30 bits per heavy atom. The van der Waals surface area contributed by atoms with Gasteiger partial charge in [-0.25, -0.2) is 4.68 Å². The van der Waals surface area contributed by atoms with Gasteiger partial charge in [-0.2, -0.15) is 5.10 Å². The molecular weight excluding hydrogens is 372 g/mol. The summed E-state index contributed by atoms with van der Waals surface area (Å²) < 4.78 is 7.00. The maximum atomic E-state index is 12.6. The Morgan fingerprint density at radius 1 is 0.933 bits per heavy atom. The summed E-state index contributed by atoms with van der Waals surface area (Å²) >= 11 is 0. The molecule has 0 N–H and O–H groups in total. The van der Waals surface area contributed by atoms with Crippen molar-refractivity contribution < 1.29 is 9.53 Å². The van der Waals surface area contributed by atoms with Crippen LogP contribution in [0.4, 0.5) is 0 Å². The highest BCUT2D eigenvalue weighted by Gasteiger charge is 2.11. The first-order valence-corrected chi connectivity index (χ1v) is 9.72. The van der Waals surface area contributed by atoms with Gasteiger partial charge < -0.3 is 4.74 Å². The van der Waals surface area contributed by atoms with E-state index in [1.165, 1.54) is 5.56 Å². The molecule has 4 nitrogen and oxygen atoms in total. The second-order valence-electron chi connectivity index (χ2n) is 7.01. The normalized spacial score (nSPS) is 11.0. The predicted molar refractivity (Wildman–Crippen MR) is 120 cm³/mol. The van der Waals surface area contributed by atoms with Gasteiger partial charge in [0, 0.05) is 22.9 Å². The van der Waals surface area contributed by atoms with Crippen LogP contribution in [0.5, 0.6) is 5.75 Å². The summed E-state index contributed by atoms with van der Waals surface area (Å²) in [6.07, 6.45) is 5.36. The molecule has 0 aliphatic rings. The van der Waals surface area contributed by atoms with Gasteiger partial charge >= 0.3 is 0 Å². The quantitative estimate of drug-likeness (QED) is 0.309. The lowest BCUT2D eigenvalue weighted by Gasteiger charge is -2.01. The molecule has 0 amide bonds. The third kappa shape index (κ3) is 4.23. The number of methoxy groups -OCH3 is 1. The number of para-hydroxylation sites is 1. The van der Waals surface area contributed by atoms with E-state index in [4.69, 9.17) is 9.84 Å². The SMILES string of the molecule is COc1ccc(C(=O)C=Cc2cn(-c3ccccc3)nc2-c2ccc(C)cc2)cc1. The largest absolute Gasteiger partial charge is 0.497 e. The van der Waals surface area contributed by atoms with Crippen molar-refractivity contribution in [2.24, 2.45) is 0 Å². The number of carbonyl (C=O) groups is 1. The number of hydrogen-bond donors (Lipinski definition) is 0. The minimum Gasteiger partial charge on any atom is -0.497 e. The van der Waals surface area contributed by atoms with Gasteiger partial charge in [-0.15, -0.1) is 0 Å². The average Bonchev–Trinajstić information content (AvgIpc) is 3.23. The Labute approximate surface area is 176 Å². The minimum atomic E-state index is -0.0695. The fraction of sp³-hybridized carbons (Fsp3) is 0.0769. The van der Waals surface area contributed by atoms with Gasteiger partial charge in [0.25, 0.3) is 0 Å². The maximum Gasteiger partial charge on any atom is 0.185 e. The maximum absolute atomic E-state index is 12.6. The Bertz CT molecular complexity index is 1170. The summed E-state index contributed by atoms with van der Waals surface area (Å²) in [4.78, 5) is 12.6. The van der Waals surface area contributed by atoms with Crippen LogP contribution >= 0.6 is 0 Å². The molecule has 0 spiro atoms. The lowest BCUT2D eigenvalue weighted by atomic mass is 10.0. The standard InChI is InChI=1S/C26H22N2O2/c1-19-8-10-21(11-9-19)26-22(18-28(27-26)23-6-4-3-5-7-23)14-17-25(29)20-12-15-24(30-2)16-13-20/h3-18H,1-2H3. The summed E-state index contributed by atoms with van der Waals surface area (Å²) in [5.41, 5.74) is 5.48. The number of benzene rings is 3. The smallest absolute Gasteiger partial charge is 0.185 e. The Hall–Kier alpha value is -3.92. The van der Waals surface area contributed by atoms with Crippen LogP contribution in [0.2, 0.25) is 0 Å². The van der Waals surface area contributed by atoms with Crippen molar-refractivity contribution in [3.63, 3.8) is 0 Å². The average molecular weight is 394 g/mol. The molecule has 0 radical (unpaired) electrons. The van der Waals surface area contributed by atoms with E-state index in [2.05, 4.69) is 31.2 Å². The van der Waals surface area contributed by atoms with Crippen LogP contribution in [0.1, 0.15) is 21.5 Å². The molecule has 4 aromatic rings. The summed E-state index contributed by atoms with van der Waals surface area (Å²) in [6.45, 7) is 2.06. The van der Waals surface area contributed by atoms with Crippen LogP contribution in [0.3, 0.4) is 0 Å². The molecular formula is C26H22N2O2. The summed E-state index contributed by atoms with van der Waals surface area (Å²) in [5.74, 6) is 0.654. The van der Waals surface area contributed by atoms with E-state index in [1.54, 1.807) is 37.5 Å². The van der Waals surface area contributed by atoms with Gasteiger partial charge in [-0.05, 0) is 55.5 Å². The number of aryl methyl sites for hydroxylation is 1. The van der Waals surface area contributed by atoms with E-state index in [1.807, 2.05) is 47.3 Å². The fourth-order valence-electron chi connectivity index (χ4n) is 3.17. The van der Waals surface area contributed by atoms with Crippen LogP contribution in [0.15, 0.2) is 91.1 Å². The summed E-state index contributed by atoms with van der Waals surface area (Å²) in [5, 5.41) is 4.79. The molecule has 0 aliphatic carbocycles. The molecule has 0 unspecified atom stereocenters. The van der Waals surface area contributed by atoms with E-state index >= 15 is 0 Å². The molecule has 0 aliphatic heterocycles. The van der Waals surface area contributed by atoms with Crippen LogP contribution in [0.25, 0.3) is 23.0 Å². The van der Waals surface area contributed by atoms with Crippen molar-refractivity contribution >= 4 is 11.9 Å². The second kappa shape index (κ2) is 8.62. The van der Waals surface area contributed by atoms with Crippen molar-refractivity contribution in [3.05, 3.63) is 108 Å². The number of allylic oxidation sites excluding steroid dienone is 1. The molecule has 0 atom stereocenters. The molecule has 148 valence electrons. The predicted octanol–water partition coefficient (Wildman–Crippen LogP) is 5.75. The minimum absolute atomic E-state index is 0.0695. The first kappa shape index (κ1) is 19.4. The molecule has 4 heteroatoms. The first-order chi connectivity index (χ1) is 14.6. The lowest BCUT2D eigenvalue weighted by Crippen LogP contribution is -1.94. The molecule has 0 saturated carbocycles. The van der Waals surface area contributed by atoms with E-state index in [9.17, 15) is 4.79 Å². The van der Waals surface area contributed by atoms with Gasteiger partial charge in [0.05, 0.1) is 18.5 Å². The second-order valence-corrected chi connectivity index (χ2v) is 7.01. The van der Waals surface area contributed by atoms with Crippen LogP contribution in [-0.2, 0) is 0 Å². The van der Waals surface area contributed by atoms with Crippen molar-refractivity contribution in [2.75, 3.05) is 7.11 Å². The lowest BCUT2D eigenvalue weighted by molar-refractivity contribution is 0.104. The van der Waals surface area contributed by atoms with Gasteiger partial charge in [-0.1, -0.05) is 48.0 Å². The van der Waals surface area contributed by atoms with Crippen molar-refractivity contribution in [1.82, 2.24) is 9.78 Å². The summed E-state index contributed by atoms with van der Waals surface area (Å²) in [6, 6.07) is 25.3. The van der Waals surface area contributed by atoms with Crippen LogP contribution in [-0.4, -0.2) is 22.7 Å². The van der Waals surface area contributed by atoms with E-state index < -0.39 is 0 Å². The monoisotopic (exact) mass is 394 g/mol. The highest BCUT2D eigenvalue weighted by atomic mass is 16.5. The number of ketones is 1. The first-order valence-electron chi connectivity index (χ1n) is 9.72. The Morgan fingerprint density at radius 2 is 1.63 bits per heavy atom. The zero-order chi connectivity index (χ0) is 20.9. The Kier molecular flexibility index (Phi) is 5.57. The number of ether oxygens (including phenoxy) is 1. The van der Waals surface area contributed by atoms with Gasteiger partial charge in [-0.3, -0.25) is 4.79 Å². The van der Waals surface area contributed by atoms with Crippen molar-refractivity contribution in [3.8, 4) is 22.7 Å². The number of carbonyl (C=O) groups excluding carboxylic acids is 1.